The predicted octanol–water partition coefficient (Wildman–Crippen LogP) is 5.46. The molecule has 0 unspecified atom stereocenters. The number of aryl methyl sites for hydroxylation is 1. The largest absolute Gasteiger partial charge is 0.496 e. The first kappa shape index (κ1) is 24.7. The third kappa shape index (κ3) is 6.57. The van der Waals surface area contributed by atoms with Gasteiger partial charge in [0.2, 0.25) is 0 Å². The highest BCUT2D eigenvalue weighted by Gasteiger charge is 2.07. The minimum atomic E-state index is -0.278. The van der Waals surface area contributed by atoms with E-state index in [1.54, 1.807) is 31.5 Å². The summed E-state index contributed by atoms with van der Waals surface area (Å²) in [4.78, 5) is 28.9. The topological polar surface area (TPSA) is 70.4 Å². The van der Waals surface area contributed by atoms with E-state index in [0.717, 1.165) is 27.7 Å². The molecule has 0 atom stereocenters. The maximum absolute atomic E-state index is 12.3. The van der Waals surface area contributed by atoms with Crippen LogP contribution in [0.1, 0.15) is 23.2 Å². The number of carbonyl (C=O) groups is 2. The van der Waals surface area contributed by atoms with Gasteiger partial charge in [-0.1, -0.05) is 24.3 Å². The SMILES string of the molecule is COc1cc(OCCc2ccccn2)ccc1/C=C/C(=O)CC(=O)/C=C/c1ccc2ccn(C)c2c1. The fraction of sp³-hybridized carbons (Fsp3) is 0.167. The molecule has 2 aromatic heterocycles. The van der Waals surface area contributed by atoms with E-state index >= 15 is 0 Å². The third-order valence-electron chi connectivity index (χ3n) is 5.73. The van der Waals surface area contributed by atoms with Crippen LogP contribution >= 0.6 is 0 Å². The van der Waals surface area contributed by atoms with E-state index in [4.69, 9.17) is 9.47 Å². The highest BCUT2D eigenvalue weighted by molar-refractivity contribution is 6.11. The van der Waals surface area contributed by atoms with Crippen molar-refractivity contribution in [3.8, 4) is 11.5 Å². The van der Waals surface area contributed by atoms with Crippen molar-refractivity contribution in [1.82, 2.24) is 9.55 Å². The minimum Gasteiger partial charge on any atom is -0.496 e. The molecule has 0 N–H and O–H groups in total. The highest BCUT2D eigenvalue weighted by atomic mass is 16.5. The molecule has 0 saturated carbocycles. The molecule has 0 aliphatic heterocycles. The first-order chi connectivity index (χ1) is 17.5. The number of nitrogens with zero attached hydrogens (tertiary/aromatic N) is 2. The maximum atomic E-state index is 12.3. The smallest absolute Gasteiger partial charge is 0.163 e. The Morgan fingerprint density at radius 3 is 2.58 bits per heavy atom. The van der Waals surface area contributed by atoms with Crippen LogP contribution in [0.25, 0.3) is 23.1 Å². The number of aromatic nitrogens is 2. The molecular weight excluding hydrogens is 452 g/mol. The summed E-state index contributed by atoms with van der Waals surface area (Å²) in [6.45, 7) is 0.489. The van der Waals surface area contributed by atoms with Crippen molar-refractivity contribution in [1.29, 1.82) is 0 Å². The fourth-order valence-corrected chi connectivity index (χ4v) is 3.78. The lowest BCUT2D eigenvalue weighted by atomic mass is 10.1. The molecule has 0 saturated heterocycles. The van der Waals surface area contributed by atoms with Gasteiger partial charge in [0.25, 0.3) is 0 Å². The van der Waals surface area contributed by atoms with Gasteiger partial charge in [-0.05, 0) is 65.6 Å². The van der Waals surface area contributed by atoms with Crippen molar-refractivity contribution in [2.75, 3.05) is 13.7 Å². The van der Waals surface area contributed by atoms with Gasteiger partial charge in [-0.3, -0.25) is 14.6 Å². The van der Waals surface area contributed by atoms with Crippen molar-refractivity contribution in [3.63, 3.8) is 0 Å². The Kier molecular flexibility index (Phi) is 8.08. The lowest BCUT2D eigenvalue weighted by Crippen LogP contribution is -2.03. The number of methoxy groups -OCH3 is 1. The summed E-state index contributed by atoms with van der Waals surface area (Å²) >= 11 is 0. The van der Waals surface area contributed by atoms with Gasteiger partial charge in [0.1, 0.15) is 11.5 Å². The first-order valence-electron chi connectivity index (χ1n) is 11.7. The Bertz CT molecular complexity index is 1420. The fourth-order valence-electron chi connectivity index (χ4n) is 3.78. The van der Waals surface area contributed by atoms with Gasteiger partial charge in [0.15, 0.2) is 11.6 Å². The molecule has 2 heterocycles. The summed E-state index contributed by atoms with van der Waals surface area (Å²) in [7, 11) is 3.54. The average Bonchev–Trinajstić information content (AvgIpc) is 3.27. The predicted molar refractivity (Wildman–Crippen MR) is 142 cm³/mol. The van der Waals surface area contributed by atoms with Crippen LogP contribution < -0.4 is 9.47 Å². The standard InChI is InChI=1S/C30H28N2O4/c1-32-17-14-23-8-6-22(19-29(23)32)7-11-26(33)20-27(34)12-9-24-10-13-28(21-30(24)35-2)36-18-15-25-5-3-4-16-31-25/h3-14,16-17,19,21H,15,18,20H2,1-2H3/b11-7+,12-9+. The minimum absolute atomic E-state index is 0.198. The molecule has 0 fully saturated rings. The molecule has 36 heavy (non-hydrogen) atoms. The van der Waals surface area contributed by atoms with E-state index in [-0.39, 0.29) is 18.0 Å². The van der Waals surface area contributed by atoms with Crippen LogP contribution in [0.3, 0.4) is 0 Å². The number of ketones is 2. The normalized spacial score (nSPS) is 11.4. The summed E-state index contributed by atoms with van der Waals surface area (Å²) in [6.07, 6.45) is 10.5. The molecule has 0 aliphatic carbocycles. The van der Waals surface area contributed by atoms with Crippen LogP contribution in [0, 0.1) is 0 Å². The molecule has 4 rings (SSSR count). The summed E-state index contributed by atoms with van der Waals surface area (Å²) in [5.74, 6) is 0.720. The molecule has 2 aromatic carbocycles. The van der Waals surface area contributed by atoms with Gasteiger partial charge >= 0.3 is 0 Å². The quantitative estimate of drug-likeness (QED) is 0.211. The van der Waals surface area contributed by atoms with E-state index in [1.807, 2.05) is 72.4 Å². The van der Waals surface area contributed by atoms with E-state index in [2.05, 4.69) is 4.98 Å². The molecule has 0 bridgehead atoms. The van der Waals surface area contributed by atoms with E-state index in [0.29, 0.717) is 24.5 Å². The van der Waals surface area contributed by atoms with Crippen LogP contribution in [0.5, 0.6) is 11.5 Å². The third-order valence-corrected chi connectivity index (χ3v) is 5.73. The second-order valence-electron chi connectivity index (χ2n) is 8.34. The molecule has 0 aliphatic rings. The van der Waals surface area contributed by atoms with Crippen LogP contribution in [0.4, 0.5) is 0 Å². The second-order valence-corrected chi connectivity index (χ2v) is 8.34. The Hall–Kier alpha value is -4.45. The first-order valence-corrected chi connectivity index (χ1v) is 11.7. The summed E-state index contributed by atoms with van der Waals surface area (Å²) in [6, 6.07) is 19.2. The molecule has 0 amide bonds. The highest BCUT2D eigenvalue weighted by Crippen LogP contribution is 2.26. The zero-order valence-electron chi connectivity index (χ0n) is 20.4. The van der Waals surface area contributed by atoms with Gasteiger partial charge in [-0.15, -0.1) is 0 Å². The number of pyridine rings is 1. The number of allylic oxidation sites excluding steroid dienone is 2. The molecule has 0 spiro atoms. The van der Waals surface area contributed by atoms with E-state index < -0.39 is 0 Å². The number of ether oxygens (including phenoxy) is 2. The number of hydrogen-bond donors (Lipinski definition) is 0. The van der Waals surface area contributed by atoms with Crippen LogP contribution in [0.2, 0.25) is 0 Å². The number of hydrogen-bond acceptors (Lipinski definition) is 5. The second kappa shape index (κ2) is 11.8. The van der Waals surface area contributed by atoms with Crippen molar-refractivity contribution < 1.29 is 19.1 Å². The number of benzene rings is 2. The van der Waals surface area contributed by atoms with E-state index in [9.17, 15) is 9.59 Å². The summed E-state index contributed by atoms with van der Waals surface area (Å²) < 4.78 is 13.3. The van der Waals surface area contributed by atoms with Crippen LogP contribution in [0.15, 0.2) is 85.2 Å². The van der Waals surface area contributed by atoms with Crippen molar-refractivity contribution in [2.24, 2.45) is 7.05 Å². The Morgan fingerprint density at radius 1 is 0.972 bits per heavy atom. The Morgan fingerprint density at radius 2 is 1.81 bits per heavy atom. The zero-order valence-corrected chi connectivity index (χ0v) is 20.4. The van der Waals surface area contributed by atoms with Crippen LogP contribution in [-0.4, -0.2) is 34.8 Å². The molecule has 0 radical (unpaired) electrons. The Balaban J connectivity index is 1.31. The van der Waals surface area contributed by atoms with Crippen LogP contribution in [-0.2, 0) is 23.1 Å². The maximum Gasteiger partial charge on any atom is 0.163 e. The monoisotopic (exact) mass is 480 g/mol. The van der Waals surface area contributed by atoms with Gasteiger partial charge in [-0.25, -0.2) is 0 Å². The molecular formula is C30H28N2O4. The van der Waals surface area contributed by atoms with Gasteiger partial charge in [0, 0.05) is 48.7 Å². The summed E-state index contributed by atoms with van der Waals surface area (Å²) in [5, 5.41) is 1.14. The molecule has 6 heteroatoms. The molecule has 4 aromatic rings. The molecule has 182 valence electrons. The van der Waals surface area contributed by atoms with Gasteiger partial charge < -0.3 is 14.0 Å². The van der Waals surface area contributed by atoms with Crippen molar-refractivity contribution in [2.45, 2.75) is 12.8 Å². The summed E-state index contributed by atoms with van der Waals surface area (Å²) in [5.41, 5.74) is 3.68. The lowest BCUT2D eigenvalue weighted by molar-refractivity contribution is -0.121. The lowest BCUT2D eigenvalue weighted by Gasteiger charge is -2.10. The van der Waals surface area contributed by atoms with Gasteiger partial charge in [0.05, 0.1) is 20.1 Å². The van der Waals surface area contributed by atoms with E-state index in [1.165, 1.54) is 12.2 Å². The van der Waals surface area contributed by atoms with Crippen molar-refractivity contribution >= 4 is 34.6 Å². The number of carbonyl (C=O) groups excluding carboxylic acids is 2. The van der Waals surface area contributed by atoms with Crippen molar-refractivity contribution in [3.05, 3.63) is 102 Å². The average molecular weight is 481 g/mol. The number of rotatable bonds is 11. The van der Waals surface area contributed by atoms with Gasteiger partial charge in [-0.2, -0.15) is 0 Å². The number of fused-ring (bicyclic) bond motifs is 1. The molecule has 6 nitrogen and oxygen atoms in total. The Labute approximate surface area is 210 Å². The zero-order chi connectivity index (χ0) is 25.3.